The quantitative estimate of drug-likeness (QED) is 0.662. The highest BCUT2D eigenvalue weighted by molar-refractivity contribution is 7.92. The number of nitrogens with one attached hydrogen (secondary N) is 1. The van der Waals surface area contributed by atoms with Gasteiger partial charge in [0.05, 0.1) is 28.4 Å². The van der Waals surface area contributed by atoms with Crippen LogP contribution in [0.3, 0.4) is 0 Å². The number of hydrogen-bond donors (Lipinski definition) is 1. The number of hydrogen-bond acceptors (Lipinski definition) is 6. The van der Waals surface area contributed by atoms with Gasteiger partial charge in [0.25, 0.3) is 0 Å². The minimum absolute atomic E-state index is 0.0444. The molecule has 1 aromatic carbocycles. The van der Waals surface area contributed by atoms with Gasteiger partial charge in [0.2, 0.25) is 5.91 Å². The third-order valence-electron chi connectivity index (χ3n) is 6.41. The summed E-state index contributed by atoms with van der Waals surface area (Å²) in [6.45, 7) is 2.32. The smallest absolute Gasteiger partial charge is 0.417 e. The van der Waals surface area contributed by atoms with Crippen molar-refractivity contribution in [3.05, 3.63) is 29.8 Å². The Morgan fingerprint density at radius 1 is 1.24 bits per heavy atom. The van der Waals surface area contributed by atoms with Gasteiger partial charge in [-0.3, -0.25) is 4.79 Å². The van der Waals surface area contributed by atoms with E-state index in [0.29, 0.717) is 0 Å². The maximum atomic E-state index is 13.3. The number of likely N-dealkylation sites (tertiary alicyclic amines) is 1. The number of carbonyl (C=O) groups is 2. The van der Waals surface area contributed by atoms with E-state index >= 15 is 0 Å². The van der Waals surface area contributed by atoms with Crippen molar-refractivity contribution in [3.8, 4) is 6.07 Å². The third kappa shape index (κ3) is 5.29. The molecule has 1 heterocycles. The average Bonchev–Trinajstić information content (AvgIpc) is 3.31. The molecule has 12 heteroatoms. The molecule has 2 atom stereocenters. The molecule has 1 saturated carbocycles. The molecule has 0 bridgehead atoms. The summed E-state index contributed by atoms with van der Waals surface area (Å²) in [6, 6.07) is 6.13. The zero-order valence-corrected chi connectivity index (χ0v) is 19.4. The topological polar surface area (TPSA) is 117 Å². The average molecular weight is 502 g/mol. The Morgan fingerprint density at radius 3 is 2.47 bits per heavy atom. The number of alkyl halides is 3. The maximum Gasteiger partial charge on any atom is 0.417 e. The summed E-state index contributed by atoms with van der Waals surface area (Å²) >= 11 is 0. The van der Waals surface area contributed by atoms with Gasteiger partial charge in [-0.1, -0.05) is 12.1 Å². The van der Waals surface area contributed by atoms with Crippen molar-refractivity contribution in [2.75, 3.05) is 19.7 Å². The van der Waals surface area contributed by atoms with Crippen LogP contribution in [-0.4, -0.2) is 55.8 Å². The molecule has 1 saturated heterocycles. The summed E-state index contributed by atoms with van der Waals surface area (Å²) in [4.78, 5) is 25.4. The lowest BCUT2D eigenvalue weighted by molar-refractivity contribution is -0.139. The predicted octanol–water partition coefficient (Wildman–Crippen LogP) is 3.28. The number of nitrogens with zero attached hydrogens (tertiary/aromatic N) is 2. The molecule has 0 aromatic heterocycles. The molecule has 2 aliphatic rings. The first-order valence-electron chi connectivity index (χ1n) is 11.0. The van der Waals surface area contributed by atoms with Crippen LogP contribution < -0.4 is 5.32 Å². The molecule has 2 amide bonds. The summed E-state index contributed by atoms with van der Waals surface area (Å²) in [5.74, 6) is -1.25. The molecule has 34 heavy (non-hydrogen) atoms. The lowest BCUT2D eigenvalue weighted by atomic mass is 9.88. The highest BCUT2D eigenvalue weighted by Crippen LogP contribution is 2.40. The van der Waals surface area contributed by atoms with Gasteiger partial charge in [0.1, 0.15) is 5.54 Å². The number of carbonyl (C=O) groups excluding carboxylic acids is 2. The van der Waals surface area contributed by atoms with Crippen molar-refractivity contribution in [1.29, 1.82) is 5.26 Å². The molecule has 3 rings (SSSR count). The fraction of sp³-hybridized carbons (Fsp3) is 0.591. The highest BCUT2D eigenvalue weighted by atomic mass is 32.2. The molecule has 1 aromatic rings. The van der Waals surface area contributed by atoms with Crippen LogP contribution in [0.25, 0.3) is 0 Å². The first kappa shape index (κ1) is 25.8. The third-order valence-corrected chi connectivity index (χ3v) is 8.69. The van der Waals surface area contributed by atoms with Gasteiger partial charge in [-0.15, -0.1) is 0 Å². The van der Waals surface area contributed by atoms with Crippen molar-refractivity contribution >= 4 is 21.8 Å². The number of sulfone groups is 1. The van der Waals surface area contributed by atoms with Crippen LogP contribution in [-0.2, 0) is 25.5 Å². The molecular weight excluding hydrogens is 475 g/mol. The fourth-order valence-corrected chi connectivity index (χ4v) is 6.53. The normalized spacial score (nSPS) is 22.6. The van der Waals surface area contributed by atoms with Crippen LogP contribution in [0.2, 0.25) is 0 Å². The van der Waals surface area contributed by atoms with E-state index in [0.717, 1.165) is 18.2 Å². The van der Waals surface area contributed by atoms with Gasteiger partial charge < -0.3 is 15.0 Å². The SMILES string of the molecule is CCOC(=O)N1CCC(C#N)(NC(=O)[C@@H]2CC[C@@H](S(=O)(=O)c3ccccc3C(F)(F)F)C2)CC1. The number of amides is 2. The van der Waals surface area contributed by atoms with Gasteiger partial charge >= 0.3 is 12.3 Å². The number of rotatable bonds is 5. The van der Waals surface area contributed by atoms with Gasteiger partial charge in [-0.05, 0) is 38.3 Å². The minimum Gasteiger partial charge on any atom is -0.450 e. The Hall–Kier alpha value is -2.81. The van der Waals surface area contributed by atoms with Crippen molar-refractivity contribution < 1.29 is 35.9 Å². The summed E-state index contributed by atoms with van der Waals surface area (Å²) in [7, 11) is -4.32. The van der Waals surface area contributed by atoms with E-state index in [-0.39, 0.29) is 51.8 Å². The van der Waals surface area contributed by atoms with Crippen molar-refractivity contribution in [1.82, 2.24) is 10.2 Å². The molecule has 1 N–H and O–H groups in total. The molecule has 1 aliphatic carbocycles. The molecule has 186 valence electrons. The standard InChI is InChI=1S/C22H26F3N3O5S/c1-2-33-20(30)28-11-9-21(14-26,10-12-28)27-19(29)15-7-8-16(13-15)34(31,32)18-6-4-3-5-17(18)22(23,24)25/h3-6,15-16H,2,7-13H2,1H3,(H,27,29)/t15-,16-/m1/s1. The molecule has 2 fully saturated rings. The van der Waals surface area contributed by atoms with Crippen LogP contribution in [0.15, 0.2) is 29.2 Å². The number of piperidine rings is 1. The van der Waals surface area contributed by atoms with Crippen molar-refractivity contribution in [2.45, 2.75) is 60.9 Å². The number of ether oxygens (including phenoxy) is 1. The number of benzene rings is 1. The molecule has 1 aliphatic heterocycles. The lowest BCUT2D eigenvalue weighted by Crippen LogP contribution is -2.56. The van der Waals surface area contributed by atoms with Gasteiger partial charge in [0, 0.05) is 31.8 Å². The van der Waals surface area contributed by atoms with E-state index in [4.69, 9.17) is 4.74 Å². The van der Waals surface area contributed by atoms with E-state index < -0.39 is 55.2 Å². The minimum atomic E-state index is -4.82. The summed E-state index contributed by atoms with van der Waals surface area (Å²) in [6.07, 6.45) is -4.86. The van der Waals surface area contributed by atoms with E-state index in [1.807, 2.05) is 0 Å². The largest absolute Gasteiger partial charge is 0.450 e. The van der Waals surface area contributed by atoms with Gasteiger partial charge in [-0.25, -0.2) is 13.2 Å². The Balaban J connectivity index is 1.67. The van der Waals surface area contributed by atoms with Gasteiger partial charge in [0.15, 0.2) is 9.84 Å². The van der Waals surface area contributed by atoms with Crippen molar-refractivity contribution in [2.24, 2.45) is 5.92 Å². The monoisotopic (exact) mass is 501 g/mol. The second-order valence-corrected chi connectivity index (χ2v) is 10.7. The lowest BCUT2D eigenvalue weighted by Gasteiger charge is -2.37. The van der Waals surface area contributed by atoms with E-state index in [9.17, 15) is 36.4 Å². The zero-order valence-electron chi connectivity index (χ0n) is 18.6. The Bertz CT molecular complexity index is 1080. The van der Waals surface area contributed by atoms with Crippen LogP contribution in [0, 0.1) is 17.2 Å². The molecule has 8 nitrogen and oxygen atoms in total. The molecule has 0 spiro atoms. The van der Waals surface area contributed by atoms with Crippen LogP contribution in [0.5, 0.6) is 0 Å². The zero-order chi connectivity index (χ0) is 25.1. The fourth-order valence-electron chi connectivity index (χ4n) is 4.48. The van der Waals surface area contributed by atoms with Crippen LogP contribution in [0.4, 0.5) is 18.0 Å². The Kier molecular flexibility index (Phi) is 7.45. The van der Waals surface area contributed by atoms with E-state index in [1.165, 1.54) is 11.0 Å². The van der Waals surface area contributed by atoms with Gasteiger partial charge in [-0.2, -0.15) is 18.4 Å². The Labute approximate surface area is 196 Å². The summed E-state index contributed by atoms with van der Waals surface area (Å²) in [5.41, 5.74) is -2.43. The molecule has 0 radical (unpaired) electrons. The van der Waals surface area contributed by atoms with Crippen LogP contribution >= 0.6 is 0 Å². The second kappa shape index (κ2) is 9.82. The van der Waals surface area contributed by atoms with Crippen molar-refractivity contribution in [3.63, 3.8) is 0 Å². The Morgan fingerprint density at radius 2 is 1.88 bits per heavy atom. The van der Waals surface area contributed by atoms with E-state index in [1.54, 1.807) is 6.92 Å². The summed E-state index contributed by atoms with van der Waals surface area (Å²) < 4.78 is 71.0. The molecule has 0 unspecified atom stereocenters. The first-order chi connectivity index (χ1) is 15.9. The first-order valence-corrected chi connectivity index (χ1v) is 12.5. The predicted molar refractivity (Wildman–Crippen MR) is 114 cm³/mol. The maximum absolute atomic E-state index is 13.3. The molecular formula is C22H26F3N3O5S. The number of halogens is 3. The van der Waals surface area contributed by atoms with E-state index in [2.05, 4.69) is 11.4 Å². The second-order valence-electron chi connectivity index (χ2n) is 8.54. The van der Waals surface area contributed by atoms with Crippen LogP contribution in [0.1, 0.15) is 44.6 Å². The summed E-state index contributed by atoms with van der Waals surface area (Å²) in [5, 5.41) is 11.3. The highest BCUT2D eigenvalue weighted by Gasteiger charge is 2.45. The number of nitriles is 1.